The second-order valence-electron chi connectivity index (χ2n) is 4.59. The predicted octanol–water partition coefficient (Wildman–Crippen LogP) is 1.39. The third-order valence-electron chi connectivity index (χ3n) is 2.66. The number of hydrogen-bond donors (Lipinski definition) is 1. The van der Waals surface area contributed by atoms with Crippen LogP contribution in [0.25, 0.3) is 0 Å². The van der Waals surface area contributed by atoms with Crippen LogP contribution in [-0.2, 0) is 16.4 Å². The van der Waals surface area contributed by atoms with Gasteiger partial charge in [0.15, 0.2) is 5.96 Å². The van der Waals surface area contributed by atoms with Crippen molar-refractivity contribution in [1.29, 1.82) is 0 Å². The molecule has 0 saturated heterocycles. The maximum absolute atomic E-state index is 11.1. The molecule has 1 aromatic rings. The highest BCUT2D eigenvalue weighted by atomic mass is 35.5. The minimum Gasteiger partial charge on any atom is -0.355 e. The van der Waals surface area contributed by atoms with Crippen molar-refractivity contribution in [3.05, 3.63) is 34.9 Å². The molecule has 20 heavy (non-hydrogen) atoms. The van der Waals surface area contributed by atoms with E-state index in [9.17, 15) is 8.42 Å². The van der Waals surface area contributed by atoms with E-state index in [4.69, 9.17) is 11.6 Å². The SMILES string of the molecule is CN=C(NCCS(C)(=O)=O)N(C)Cc1ccc(Cl)cc1. The summed E-state index contributed by atoms with van der Waals surface area (Å²) in [5, 5.41) is 3.73. The average Bonchev–Trinajstić information content (AvgIpc) is 2.36. The molecule has 0 amide bonds. The molecule has 0 unspecified atom stereocenters. The minimum absolute atomic E-state index is 0.0841. The van der Waals surface area contributed by atoms with Crippen molar-refractivity contribution in [1.82, 2.24) is 10.2 Å². The lowest BCUT2D eigenvalue weighted by atomic mass is 10.2. The van der Waals surface area contributed by atoms with Crippen LogP contribution in [0.15, 0.2) is 29.3 Å². The van der Waals surface area contributed by atoms with Gasteiger partial charge >= 0.3 is 0 Å². The van der Waals surface area contributed by atoms with E-state index in [1.807, 2.05) is 36.2 Å². The van der Waals surface area contributed by atoms with Crippen LogP contribution in [0, 0.1) is 0 Å². The second-order valence-corrected chi connectivity index (χ2v) is 7.28. The molecule has 0 radical (unpaired) electrons. The Balaban J connectivity index is 2.55. The first-order valence-electron chi connectivity index (χ1n) is 6.16. The fraction of sp³-hybridized carbons (Fsp3) is 0.462. The molecule has 0 aromatic heterocycles. The average molecular weight is 318 g/mol. The maximum Gasteiger partial charge on any atom is 0.193 e. The van der Waals surface area contributed by atoms with Crippen LogP contribution in [0.3, 0.4) is 0 Å². The number of nitrogens with zero attached hydrogens (tertiary/aromatic N) is 2. The van der Waals surface area contributed by atoms with Crippen molar-refractivity contribution in [3.63, 3.8) is 0 Å². The predicted molar refractivity (Wildman–Crippen MR) is 84.0 cm³/mol. The number of halogens is 1. The molecule has 0 saturated carbocycles. The van der Waals surface area contributed by atoms with Crippen molar-refractivity contribution >= 4 is 27.4 Å². The first-order valence-corrected chi connectivity index (χ1v) is 8.59. The molecule has 0 bridgehead atoms. The van der Waals surface area contributed by atoms with E-state index in [1.165, 1.54) is 6.26 Å². The lowest BCUT2D eigenvalue weighted by molar-refractivity contribution is 0.479. The molecule has 0 aliphatic carbocycles. The Bertz CT molecular complexity index is 555. The minimum atomic E-state index is -2.97. The topological polar surface area (TPSA) is 61.8 Å². The lowest BCUT2D eigenvalue weighted by Crippen LogP contribution is -2.40. The van der Waals surface area contributed by atoms with Crippen molar-refractivity contribution in [3.8, 4) is 0 Å². The third-order valence-corrected chi connectivity index (χ3v) is 3.86. The summed E-state index contributed by atoms with van der Waals surface area (Å²) < 4.78 is 22.2. The summed E-state index contributed by atoms with van der Waals surface area (Å²) in [7, 11) is 0.593. The van der Waals surface area contributed by atoms with Gasteiger partial charge in [-0.3, -0.25) is 4.99 Å². The third kappa shape index (κ3) is 6.25. The first kappa shape index (κ1) is 16.8. The quantitative estimate of drug-likeness (QED) is 0.658. The fourth-order valence-electron chi connectivity index (χ4n) is 1.67. The number of nitrogens with one attached hydrogen (secondary N) is 1. The van der Waals surface area contributed by atoms with Gasteiger partial charge in [0.05, 0.1) is 5.75 Å². The van der Waals surface area contributed by atoms with E-state index in [0.717, 1.165) is 5.56 Å². The number of rotatable bonds is 5. The van der Waals surface area contributed by atoms with Crippen LogP contribution < -0.4 is 5.32 Å². The Kier molecular flexibility index (Phi) is 6.29. The van der Waals surface area contributed by atoms with E-state index in [1.54, 1.807) is 7.05 Å². The van der Waals surface area contributed by atoms with Crippen molar-refractivity contribution in [2.45, 2.75) is 6.54 Å². The van der Waals surface area contributed by atoms with Gasteiger partial charge in [0.25, 0.3) is 0 Å². The van der Waals surface area contributed by atoms with Crippen molar-refractivity contribution in [2.24, 2.45) is 4.99 Å². The standard InChI is InChI=1S/C13H20ClN3O2S/c1-15-13(16-8-9-20(3,18)19)17(2)10-11-4-6-12(14)7-5-11/h4-7H,8-10H2,1-3H3,(H,15,16). The van der Waals surface area contributed by atoms with Crippen LogP contribution in [0.2, 0.25) is 5.02 Å². The molecule has 0 fully saturated rings. The Morgan fingerprint density at radius 1 is 1.35 bits per heavy atom. The summed E-state index contributed by atoms with van der Waals surface area (Å²) >= 11 is 5.84. The summed E-state index contributed by atoms with van der Waals surface area (Å²) in [6.45, 7) is 1.01. The molecule has 1 aromatic carbocycles. The summed E-state index contributed by atoms with van der Waals surface area (Å²) in [6, 6.07) is 7.57. The summed E-state index contributed by atoms with van der Waals surface area (Å²) in [4.78, 5) is 6.05. The molecule has 7 heteroatoms. The van der Waals surface area contributed by atoms with Gasteiger partial charge in [0.2, 0.25) is 0 Å². The van der Waals surface area contributed by atoms with Gasteiger partial charge in [-0.25, -0.2) is 8.42 Å². The molecule has 0 aliphatic heterocycles. The van der Waals surface area contributed by atoms with E-state index in [2.05, 4.69) is 10.3 Å². The van der Waals surface area contributed by atoms with Gasteiger partial charge < -0.3 is 10.2 Å². The number of aliphatic imine (C=N–C) groups is 1. The number of hydrogen-bond acceptors (Lipinski definition) is 3. The highest BCUT2D eigenvalue weighted by molar-refractivity contribution is 7.90. The van der Waals surface area contributed by atoms with E-state index in [0.29, 0.717) is 24.1 Å². The second kappa shape index (κ2) is 7.50. The van der Waals surface area contributed by atoms with E-state index >= 15 is 0 Å². The van der Waals surface area contributed by atoms with Crippen LogP contribution in [-0.4, -0.2) is 51.9 Å². The summed E-state index contributed by atoms with van der Waals surface area (Å²) in [5.41, 5.74) is 1.10. The summed E-state index contributed by atoms with van der Waals surface area (Å²) in [6.07, 6.45) is 1.22. The molecular weight excluding hydrogens is 298 g/mol. The summed E-state index contributed by atoms with van der Waals surface area (Å²) in [5.74, 6) is 0.740. The van der Waals surface area contributed by atoms with Crippen LogP contribution in [0.4, 0.5) is 0 Å². The normalized spacial score (nSPS) is 12.3. The van der Waals surface area contributed by atoms with Crippen molar-refractivity contribution < 1.29 is 8.42 Å². The molecule has 112 valence electrons. The molecule has 0 spiro atoms. The van der Waals surface area contributed by atoms with Gasteiger partial charge in [0.1, 0.15) is 9.84 Å². The van der Waals surface area contributed by atoms with Gasteiger partial charge in [-0.05, 0) is 17.7 Å². The zero-order chi connectivity index (χ0) is 15.2. The molecular formula is C13H20ClN3O2S. The zero-order valence-corrected chi connectivity index (χ0v) is 13.5. The molecule has 5 nitrogen and oxygen atoms in total. The maximum atomic E-state index is 11.1. The molecule has 0 heterocycles. The van der Waals surface area contributed by atoms with E-state index in [-0.39, 0.29) is 5.75 Å². The Morgan fingerprint density at radius 3 is 2.45 bits per heavy atom. The number of sulfone groups is 1. The van der Waals surface area contributed by atoms with E-state index < -0.39 is 9.84 Å². The molecule has 1 rings (SSSR count). The number of guanidine groups is 1. The highest BCUT2D eigenvalue weighted by Gasteiger charge is 2.08. The lowest BCUT2D eigenvalue weighted by Gasteiger charge is -2.22. The van der Waals surface area contributed by atoms with Gasteiger partial charge in [-0.15, -0.1) is 0 Å². The monoisotopic (exact) mass is 317 g/mol. The van der Waals surface area contributed by atoms with Crippen LogP contribution in [0.5, 0.6) is 0 Å². The molecule has 1 N–H and O–H groups in total. The van der Waals surface area contributed by atoms with Gasteiger partial charge in [0, 0.05) is 38.5 Å². The van der Waals surface area contributed by atoms with Crippen LogP contribution >= 0.6 is 11.6 Å². The Morgan fingerprint density at radius 2 is 1.95 bits per heavy atom. The Labute approximate surface area is 125 Å². The fourth-order valence-corrected chi connectivity index (χ4v) is 2.27. The van der Waals surface area contributed by atoms with Crippen molar-refractivity contribution in [2.75, 3.05) is 32.6 Å². The molecule has 0 aliphatic rings. The molecule has 0 atom stereocenters. The number of benzene rings is 1. The van der Waals surface area contributed by atoms with Gasteiger partial charge in [-0.2, -0.15) is 0 Å². The highest BCUT2D eigenvalue weighted by Crippen LogP contribution is 2.10. The first-order chi connectivity index (χ1) is 9.31. The Hall–Kier alpha value is -1.27. The smallest absolute Gasteiger partial charge is 0.193 e. The van der Waals surface area contributed by atoms with Gasteiger partial charge in [-0.1, -0.05) is 23.7 Å². The largest absolute Gasteiger partial charge is 0.355 e. The zero-order valence-electron chi connectivity index (χ0n) is 11.9. The van der Waals surface area contributed by atoms with Crippen LogP contribution in [0.1, 0.15) is 5.56 Å².